The first-order chi connectivity index (χ1) is 7.81. The fourth-order valence-electron chi connectivity index (χ4n) is 1.90. The Morgan fingerprint density at radius 2 is 2.25 bits per heavy atom. The fourth-order valence-corrected chi connectivity index (χ4v) is 1.90. The summed E-state index contributed by atoms with van der Waals surface area (Å²) in [7, 11) is 1.68. The average molecular weight is 219 g/mol. The zero-order valence-electron chi connectivity index (χ0n) is 9.48. The minimum Gasteiger partial charge on any atom is -0.496 e. The second-order valence-corrected chi connectivity index (χ2v) is 3.87. The first kappa shape index (κ1) is 11.0. The molecule has 0 saturated heterocycles. The van der Waals surface area contributed by atoms with Gasteiger partial charge in [-0.1, -0.05) is 18.2 Å². The van der Waals surface area contributed by atoms with Crippen molar-refractivity contribution in [2.75, 3.05) is 13.7 Å². The molecular formula is C13H17NO2. The number of nitrogens with two attached hydrogens (primary N) is 1. The van der Waals surface area contributed by atoms with Crippen molar-refractivity contribution < 1.29 is 9.47 Å². The van der Waals surface area contributed by atoms with Gasteiger partial charge in [0.2, 0.25) is 0 Å². The molecule has 1 aliphatic rings. The highest BCUT2D eigenvalue weighted by Crippen LogP contribution is 2.22. The van der Waals surface area contributed by atoms with Crippen molar-refractivity contribution in [2.24, 2.45) is 5.73 Å². The van der Waals surface area contributed by atoms with Crippen molar-refractivity contribution in [1.82, 2.24) is 0 Å². The van der Waals surface area contributed by atoms with Gasteiger partial charge in [-0.25, -0.2) is 0 Å². The van der Waals surface area contributed by atoms with E-state index in [1.54, 1.807) is 7.11 Å². The van der Waals surface area contributed by atoms with E-state index >= 15 is 0 Å². The van der Waals surface area contributed by atoms with Gasteiger partial charge in [0, 0.05) is 6.42 Å². The third kappa shape index (κ3) is 2.36. The Kier molecular flexibility index (Phi) is 3.47. The number of hydrogen-bond donors (Lipinski definition) is 1. The average Bonchev–Trinajstić information content (AvgIpc) is 2.83. The van der Waals surface area contributed by atoms with Crippen LogP contribution in [-0.4, -0.2) is 19.8 Å². The summed E-state index contributed by atoms with van der Waals surface area (Å²) in [6.45, 7) is 0.759. The largest absolute Gasteiger partial charge is 0.496 e. The maximum absolute atomic E-state index is 6.09. The van der Waals surface area contributed by atoms with Gasteiger partial charge in [0.1, 0.15) is 11.5 Å². The number of benzene rings is 1. The van der Waals surface area contributed by atoms with Gasteiger partial charge in [-0.2, -0.15) is 0 Å². The van der Waals surface area contributed by atoms with Crippen LogP contribution < -0.4 is 10.5 Å². The lowest BCUT2D eigenvalue weighted by Crippen LogP contribution is -2.25. The molecule has 86 valence electrons. The first-order valence-electron chi connectivity index (χ1n) is 5.51. The quantitative estimate of drug-likeness (QED) is 0.840. The highest BCUT2D eigenvalue weighted by Gasteiger charge is 2.16. The molecule has 1 aliphatic heterocycles. The molecule has 3 nitrogen and oxygen atoms in total. The Hall–Kier alpha value is -1.48. The molecule has 3 heteroatoms. The number of hydrogen-bond acceptors (Lipinski definition) is 3. The van der Waals surface area contributed by atoms with Crippen molar-refractivity contribution in [3.8, 4) is 5.75 Å². The molecule has 0 aromatic heterocycles. The Morgan fingerprint density at radius 1 is 1.44 bits per heavy atom. The number of methoxy groups -OCH3 is 1. The second kappa shape index (κ2) is 5.03. The molecule has 0 spiro atoms. The molecule has 0 radical (unpaired) electrons. The summed E-state index contributed by atoms with van der Waals surface area (Å²) < 4.78 is 10.7. The molecule has 0 amide bonds. The van der Waals surface area contributed by atoms with E-state index in [2.05, 4.69) is 6.08 Å². The van der Waals surface area contributed by atoms with Gasteiger partial charge in [0.25, 0.3) is 0 Å². The van der Waals surface area contributed by atoms with E-state index in [9.17, 15) is 0 Å². The molecule has 1 aromatic carbocycles. The monoisotopic (exact) mass is 219 g/mol. The lowest BCUT2D eigenvalue weighted by Gasteiger charge is -2.15. The number of rotatable bonds is 4. The van der Waals surface area contributed by atoms with Crippen LogP contribution in [0.4, 0.5) is 0 Å². The molecular weight excluding hydrogens is 202 g/mol. The number of para-hydroxylation sites is 1. The highest BCUT2D eigenvalue weighted by atomic mass is 16.5. The smallest absolute Gasteiger partial charge is 0.122 e. The normalized spacial score (nSPS) is 16.5. The van der Waals surface area contributed by atoms with E-state index in [4.69, 9.17) is 15.2 Å². The van der Waals surface area contributed by atoms with Crippen molar-refractivity contribution in [3.05, 3.63) is 41.7 Å². The van der Waals surface area contributed by atoms with E-state index in [1.807, 2.05) is 24.3 Å². The summed E-state index contributed by atoms with van der Waals surface area (Å²) in [5.74, 6) is 1.79. The standard InChI is InChI=1S/C13H17NO2/c1-15-12-6-3-2-5-10(12)9-11(14)13-7-4-8-16-13/h2-3,5-7,11H,4,8-9,14H2,1H3. The fraction of sp³-hybridized carbons (Fsp3) is 0.385. The van der Waals surface area contributed by atoms with Crippen molar-refractivity contribution in [1.29, 1.82) is 0 Å². The van der Waals surface area contributed by atoms with Crippen LogP contribution in [-0.2, 0) is 11.2 Å². The van der Waals surface area contributed by atoms with Gasteiger partial charge in [-0.15, -0.1) is 0 Å². The topological polar surface area (TPSA) is 44.5 Å². The van der Waals surface area contributed by atoms with Gasteiger partial charge < -0.3 is 15.2 Å². The van der Waals surface area contributed by atoms with Crippen LogP contribution in [0.5, 0.6) is 5.75 Å². The molecule has 2 rings (SSSR count). The van der Waals surface area contributed by atoms with Crippen LogP contribution in [0, 0.1) is 0 Å². The second-order valence-electron chi connectivity index (χ2n) is 3.87. The predicted molar refractivity (Wildman–Crippen MR) is 63.3 cm³/mol. The summed E-state index contributed by atoms with van der Waals surface area (Å²) >= 11 is 0. The third-order valence-corrected chi connectivity index (χ3v) is 2.73. The molecule has 1 heterocycles. The molecule has 0 aliphatic carbocycles. The van der Waals surface area contributed by atoms with Crippen LogP contribution in [0.1, 0.15) is 12.0 Å². The lowest BCUT2D eigenvalue weighted by molar-refractivity contribution is 0.224. The summed E-state index contributed by atoms with van der Waals surface area (Å²) in [6, 6.07) is 7.87. The van der Waals surface area contributed by atoms with E-state index < -0.39 is 0 Å². The number of ether oxygens (including phenoxy) is 2. The maximum Gasteiger partial charge on any atom is 0.122 e. The van der Waals surface area contributed by atoms with E-state index in [-0.39, 0.29) is 6.04 Å². The molecule has 1 aromatic rings. The minimum absolute atomic E-state index is 0.0706. The summed E-state index contributed by atoms with van der Waals surface area (Å²) in [5, 5.41) is 0. The Labute approximate surface area is 95.9 Å². The van der Waals surface area contributed by atoms with Gasteiger partial charge in [0.05, 0.1) is 19.8 Å². The summed E-state index contributed by atoms with van der Waals surface area (Å²) in [4.78, 5) is 0. The van der Waals surface area contributed by atoms with Crippen LogP contribution in [0.3, 0.4) is 0 Å². The SMILES string of the molecule is COc1ccccc1CC(N)C1=CCCO1. The van der Waals surface area contributed by atoms with Crippen molar-refractivity contribution in [2.45, 2.75) is 18.9 Å². The predicted octanol–water partition coefficient (Wildman–Crippen LogP) is 1.87. The molecule has 0 fully saturated rings. The van der Waals surface area contributed by atoms with Crippen LogP contribution in [0.15, 0.2) is 36.1 Å². The molecule has 1 atom stereocenters. The molecule has 0 saturated carbocycles. The lowest BCUT2D eigenvalue weighted by atomic mass is 10.0. The van der Waals surface area contributed by atoms with Gasteiger partial charge >= 0.3 is 0 Å². The van der Waals surface area contributed by atoms with Crippen molar-refractivity contribution >= 4 is 0 Å². The summed E-state index contributed by atoms with van der Waals surface area (Å²) in [6.07, 6.45) is 3.78. The van der Waals surface area contributed by atoms with Gasteiger partial charge in [0.15, 0.2) is 0 Å². The summed E-state index contributed by atoms with van der Waals surface area (Å²) in [5.41, 5.74) is 7.21. The van der Waals surface area contributed by atoms with Crippen LogP contribution in [0.25, 0.3) is 0 Å². The molecule has 1 unspecified atom stereocenters. The molecule has 0 bridgehead atoms. The zero-order valence-corrected chi connectivity index (χ0v) is 9.48. The van der Waals surface area contributed by atoms with Gasteiger partial charge in [-0.3, -0.25) is 0 Å². The maximum atomic E-state index is 6.09. The van der Waals surface area contributed by atoms with Crippen LogP contribution in [0.2, 0.25) is 0 Å². The van der Waals surface area contributed by atoms with Crippen molar-refractivity contribution in [3.63, 3.8) is 0 Å². The highest BCUT2D eigenvalue weighted by molar-refractivity contribution is 5.34. The molecule has 16 heavy (non-hydrogen) atoms. The Bertz CT molecular complexity index is 387. The Morgan fingerprint density at radius 3 is 2.94 bits per heavy atom. The third-order valence-electron chi connectivity index (χ3n) is 2.73. The minimum atomic E-state index is -0.0706. The van der Waals surface area contributed by atoms with E-state index in [0.29, 0.717) is 0 Å². The first-order valence-corrected chi connectivity index (χ1v) is 5.51. The zero-order chi connectivity index (χ0) is 11.4. The van der Waals surface area contributed by atoms with E-state index in [1.165, 1.54) is 0 Å². The van der Waals surface area contributed by atoms with Gasteiger partial charge in [-0.05, 0) is 24.1 Å². The molecule has 2 N–H and O–H groups in total. The Balaban J connectivity index is 2.08. The van der Waals surface area contributed by atoms with E-state index in [0.717, 1.165) is 36.5 Å². The van der Waals surface area contributed by atoms with Crippen LogP contribution >= 0.6 is 0 Å².